The molecule has 0 spiro atoms. The van der Waals surface area contributed by atoms with Crippen LogP contribution in [0.5, 0.6) is 0 Å². The van der Waals surface area contributed by atoms with Crippen molar-refractivity contribution in [2.45, 2.75) is 19.4 Å². The summed E-state index contributed by atoms with van der Waals surface area (Å²) in [5, 5.41) is 0.160. The molecule has 2 N–H and O–H groups in total. The van der Waals surface area contributed by atoms with Gasteiger partial charge in [0.2, 0.25) is 0 Å². The average molecular weight is 188 g/mol. The fraction of sp³-hybridized carbons (Fsp3) is 0.333. The van der Waals surface area contributed by atoms with Gasteiger partial charge in [0.15, 0.2) is 0 Å². The molecule has 0 radical (unpaired) electrons. The van der Waals surface area contributed by atoms with Gasteiger partial charge >= 0.3 is 0 Å². The van der Waals surface area contributed by atoms with Gasteiger partial charge < -0.3 is 5.73 Å². The second-order valence-electron chi connectivity index (χ2n) is 2.93. The van der Waals surface area contributed by atoms with Gasteiger partial charge in [0.1, 0.15) is 5.82 Å². The molecule has 0 amide bonds. The van der Waals surface area contributed by atoms with Crippen molar-refractivity contribution in [1.82, 2.24) is 0 Å². The van der Waals surface area contributed by atoms with Crippen LogP contribution in [0.2, 0.25) is 5.02 Å². The minimum Gasteiger partial charge on any atom is -0.328 e. The average Bonchev–Trinajstić information content (AvgIpc) is 1.96. The number of halogens is 2. The van der Waals surface area contributed by atoms with E-state index in [4.69, 9.17) is 17.3 Å². The molecule has 0 aromatic heterocycles. The lowest BCUT2D eigenvalue weighted by atomic mass is 10.1. The molecule has 0 aliphatic heterocycles. The third-order valence-electron chi connectivity index (χ3n) is 1.54. The molecule has 1 atom stereocenters. The number of hydrogen-bond acceptors (Lipinski definition) is 1. The topological polar surface area (TPSA) is 26.0 Å². The van der Waals surface area contributed by atoms with E-state index in [2.05, 4.69) is 0 Å². The molecule has 1 aromatic rings. The van der Waals surface area contributed by atoms with Crippen LogP contribution in [-0.2, 0) is 6.42 Å². The van der Waals surface area contributed by atoms with Crippen molar-refractivity contribution in [2.75, 3.05) is 0 Å². The quantitative estimate of drug-likeness (QED) is 0.756. The maximum absolute atomic E-state index is 12.7. The standard InChI is InChI=1S/C9H11ClFN/c1-6(12)4-7-2-3-9(11)8(10)5-7/h2-3,5-6H,4,12H2,1H3. The summed E-state index contributed by atoms with van der Waals surface area (Å²) in [7, 11) is 0. The maximum Gasteiger partial charge on any atom is 0.141 e. The van der Waals surface area contributed by atoms with Crippen LogP contribution in [0.15, 0.2) is 18.2 Å². The van der Waals surface area contributed by atoms with Gasteiger partial charge in [-0.25, -0.2) is 4.39 Å². The predicted octanol–water partition coefficient (Wildman–Crippen LogP) is 2.37. The molecule has 0 saturated heterocycles. The van der Waals surface area contributed by atoms with Crippen LogP contribution >= 0.6 is 11.6 Å². The van der Waals surface area contributed by atoms with Gasteiger partial charge in [0.05, 0.1) is 5.02 Å². The molecule has 0 bridgehead atoms. The van der Waals surface area contributed by atoms with Gasteiger partial charge in [-0.2, -0.15) is 0 Å². The normalized spacial score (nSPS) is 13.0. The molecular formula is C9H11ClFN. The van der Waals surface area contributed by atoms with Crippen LogP contribution in [-0.4, -0.2) is 6.04 Å². The highest BCUT2D eigenvalue weighted by molar-refractivity contribution is 6.30. The summed E-state index contributed by atoms with van der Waals surface area (Å²) in [5.41, 5.74) is 6.54. The van der Waals surface area contributed by atoms with E-state index >= 15 is 0 Å². The lowest BCUT2D eigenvalue weighted by Gasteiger charge is -2.05. The fourth-order valence-electron chi connectivity index (χ4n) is 1.04. The van der Waals surface area contributed by atoms with E-state index in [0.29, 0.717) is 0 Å². The van der Waals surface area contributed by atoms with Crippen molar-refractivity contribution in [2.24, 2.45) is 5.73 Å². The Morgan fingerprint density at radius 2 is 2.25 bits per heavy atom. The molecule has 1 nitrogen and oxygen atoms in total. The third-order valence-corrected chi connectivity index (χ3v) is 1.83. The van der Waals surface area contributed by atoms with Crippen molar-refractivity contribution in [1.29, 1.82) is 0 Å². The van der Waals surface area contributed by atoms with Crippen LogP contribution in [0, 0.1) is 5.82 Å². The highest BCUT2D eigenvalue weighted by atomic mass is 35.5. The first-order chi connectivity index (χ1) is 5.59. The van der Waals surface area contributed by atoms with E-state index < -0.39 is 0 Å². The van der Waals surface area contributed by atoms with Gasteiger partial charge in [-0.1, -0.05) is 17.7 Å². The Bertz CT molecular complexity index is 273. The van der Waals surface area contributed by atoms with E-state index in [1.54, 1.807) is 12.1 Å². The zero-order valence-corrected chi connectivity index (χ0v) is 7.61. The zero-order chi connectivity index (χ0) is 9.14. The summed E-state index contributed by atoms with van der Waals surface area (Å²) in [6.45, 7) is 1.90. The van der Waals surface area contributed by atoms with E-state index in [1.807, 2.05) is 6.92 Å². The van der Waals surface area contributed by atoms with Crippen molar-refractivity contribution in [3.8, 4) is 0 Å². The Balaban J connectivity index is 2.82. The van der Waals surface area contributed by atoms with Crippen LogP contribution in [0.25, 0.3) is 0 Å². The van der Waals surface area contributed by atoms with Crippen LogP contribution in [0.3, 0.4) is 0 Å². The SMILES string of the molecule is CC(N)Cc1ccc(F)c(Cl)c1. The Morgan fingerprint density at radius 3 is 2.75 bits per heavy atom. The predicted molar refractivity (Wildman–Crippen MR) is 48.8 cm³/mol. The minimum atomic E-state index is -0.384. The third kappa shape index (κ3) is 2.47. The molecular weight excluding hydrogens is 177 g/mol. The first kappa shape index (κ1) is 9.49. The van der Waals surface area contributed by atoms with Crippen LogP contribution < -0.4 is 5.73 Å². The monoisotopic (exact) mass is 187 g/mol. The van der Waals surface area contributed by atoms with Gasteiger partial charge in [-0.05, 0) is 31.0 Å². The zero-order valence-electron chi connectivity index (χ0n) is 6.85. The molecule has 0 aliphatic rings. The first-order valence-corrected chi connectivity index (χ1v) is 4.17. The lowest BCUT2D eigenvalue weighted by Crippen LogP contribution is -2.17. The molecule has 0 heterocycles. The number of nitrogens with two attached hydrogens (primary N) is 1. The minimum absolute atomic E-state index is 0.0755. The summed E-state index contributed by atoms with van der Waals surface area (Å²) in [5.74, 6) is -0.384. The number of benzene rings is 1. The Morgan fingerprint density at radius 1 is 1.58 bits per heavy atom. The second-order valence-corrected chi connectivity index (χ2v) is 3.34. The highest BCUT2D eigenvalue weighted by Gasteiger charge is 2.02. The van der Waals surface area contributed by atoms with E-state index in [-0.39, 0.29) is 16.9 Å². The first-order valence-electron chi connectivity index (χ1n) is 3.79. The molecule has 1 unspecified atom stereocenters. The van der Waals surface area contributed by atoms with Gasteiger partial charge in [-0.3, -0.25) is 0 Å². The number of hydrogen-bond donors (Lipinski definition) is 1. The van der Waals surface area contributed by atoms with Crippen LogP contribution in [0.4, 0.5) is 4.39 Å². The molecule has 3 heteroatoms. The summed E-state index contributed by atoms with van der Waals surface area (Å²) in [6.07, 6.45) is 0.722. The molecule has 0 fully saturated rings. The fourth-order valence-corrected chi connectivity index (χ4v) is 1.24. The maximum atomic E-state index is 12.7. The van der Waals surface area contributed by atoms with Gasteiger partial charge in [0, 0.05) is 6.04 Å². The lowest BCUT2D eigenvalue weighted by molar-refractivity contribution is 0.626. The molecule has 1 aromatic carbocycles. The van der Waals surface area contributed by atoms with E-state index in [9.17, 15) is 4.39 Å². The van der Waals surface area contributed by atoms with Gasteiger partial charge in [0.25, 0.3) is 0 Å². The molecule has 1 rings (SSSR count). The molecule has 0 saturated carbocycles. The van der Waals surface area contributed by atoms with Crippen molar-refractivity contribution < 1.29 is 4.39 Å². The van der Waals surface area contributed by atoms with E-state index in [1.165, 1.54) is 6.07 Å². The van der Waals surface area contributed by atoms with Gasteiger partial charge in [-0.15, -0.1) is 0 Å². The second kappa shape index (κ2) is 3.87. The summed E-state index contributed by atoms with van der Waals surface area (Å²) in [4.78, 5) is 0. The Kier molecular flexibility index (Phi) is 3.06. The highest BCUT2D eigenvalue weighted by Crippen LogP contribution is 2.16. The summed E-state index contributed by atoms with van der Waals surface area (Å²) >= 11 is 5.58. The molecule has 0 aliphatic carbocycles. The van der Waals surface area contributed by atoms with E-state index in [0.717, 1.165) is 12.0 Å². The van der Waals surface area contributed by atoms with Crippen molar-refractivity contribution >= 4 is 11.6 Å². The Labute approximate surface area is 76.3 Å². The van der Waals surface area contributed by atoms with Crippen molar-refractivity contribution in [3.63, 3.8) is 0 Å². The largest absolute Gasteiger partial charge is 0.328 e. The Hall–Kier alpha value is -0.600. The number of rotatable bonds is 2. The summed E-state index contributed by atoms with van der Waals surface area (Å²) in [6, 6.07) is 4.75. The smallest absolute Gasteiger partial charge is 0.141 e. The molecule has 12 heavy (non-hydrogen) atoms. The summed E-state index contributed by atoms with van der Waals surface area (Å²) < 4.78 is 12.7. The van der Waals surface area contributed by atoms with Crippen molar-refractivity contribution in [3.05, 3.63) is 34.6 Å². The van der Waals surface area contributed by atoms with Crippen LogP contribution in [0.1, 0.15) is 12.5 Å². The molecule has 66 valence electrons.